The minimum absolute atomic E-state index is 0.0643. The van der Waals surface area contributed by atoms with Crippen molar-refractivity contribution in [2.24, 2.45) is 23.7 Å². The van der Waals surface area contributed by atoms with Crippen molar-refractivity contribution in [2.45, 2.75) is 102 Å². The molecule has 3 N–H and O–H groups in total. The molecule has 2 aromatic carbocycles. The zero-order valence-electron chi connectivity index (χ0n) is 29.4. The molecule has 0 radical (unpaired) electrons. The maximum absolute atomic E-state index is 12.4. The van der Waals surface area contributed by atoms with Crippen molar-refractivity contribution in [3.05, 3.63) is 84.0 Å². The molecule has 2 aliphatic carbocycles. The Labute approximate surface area is 293 Å². The van der Waals surface area contributed by atoms with Crippen molar-refractivity contribution in [1.82, 2.24) is 0 Å². The molecular formula is C42H59FO6. The summed E-state index contributed by atoms with van der Waals surface area (Å²) in [5, 5.41) is 28.4. The molecule has 0 saturated heterocycles. The molecule has 0 heterocycles. The molecule has 0 aliphatic heterocycles. The molecule has 270 valence electrons. The molecule has 2 atom stereocenters. The molecule has 4 rings (SSSR count). The second kappa shape index (κ2) is 20.7. The van der Waals surface area contributed by atoms with E-state index in [9.17, 15) is 19.4 Å². The van der Waals surface area contributed by atoms with Gasteiger partial charge in [0.1, 0.15) is 0 Å². The maximum atomic E-state index is 12.4. The largest absolute Gasteiger partial charge is 0.462 e. The van der Waals surface area contributed by atoms with Crippen LogP contribution < -0.4 is 0 Å². The first kappa shape index (κ1) is 39.0. The van der Waals surface area contributed by atoms with Crippen LogP contribution >= 0.6 is 0 Å². The number of esters is 1. The second-order valence-electron chi connectivity index (χ2n) is 14.4. The van der Waals surface area contributed by atoms with E-state index in [2.05, 4.69) is 61.7 Å². The van der Waals surface area contributed by atoms with Gasteiger partial charge in [-0.25, -0.2) is 4.79 Å². The van der Waals surface area contributed by atoms with E-state index >= 15 is 0 Å². The van der Waals surface area contributed by atoms with E-state index in [1.165, 1.54) is 73.6 Å². The highest BCUT2D eigenvalue weighted by atomic mass is 19.1. The molecule has 6 nitrogen and oxygen atoms in total. The highest BCUT2D eigenvalue weighted by Crippen LogP contribution is 2.46. The van der Waals surface area contributed by atoms with Crippen molar-refractivity contribution in [1.29, 1.82) is 0 Å². The Morgan fingerprint density at radius 1 is 0.776 bits per heavy atom. The molecule has 2 aromatic rings. The SMILES string of the molecule is C=C(CO)C(=O)OCCCC(CCOC(O)C(=C)CO)C1CCC(C2CCC(c3ccc(-c4ccc(CCCCF)cc4)cc3)CC2)CC1. The van der Waals surface area contributed by atoms with Gasteiger partial charge in [-0.05, 0) is 142 Å². The van der Waals surface area contributed by atoms with E-state index in [-0.39, 0.29) is 31.0 Å². The Balaban J connectivity index is 1.22. The lowest BCUT2D eigenvalue weighted by Crippen LogP contribution is -2.29. The summed E-state index contributed by atoms with van der Waals surface area (Å²) in [6.45, 7) is 6.90. The summed E-state index contributed by atoms with van der Waals surface area (Å²) in [5.74, 6) is 2.60. The Bertz CT molecular complexity index is 1280. The summed E-state index contributed by atoms with van der Waals surface area (Å²) in [6, 6.07) is 17.9. The third kappa shape index (κ3) is 12.2. The molecule has 2 saturated carbocycles. The van der Waals surface area contributed by atoms with E-state index in [1.54, 1.807) is 0 Å². The van der Waals surface area contributed by atoms with Gasteiger partial charge in [0.05, 0.1) is 38.7 Å². The standard InChI is InChI=1S/C42H59FO6/c1-30(28-44)41(46)48-26-5-7-33(24-27-49-42(47)31(2)29-45)35-12-14-37(15-13-35)39-20-22-40(23-21-39)38-18-16-36(17-19-38)34-10-8-32(9-11-34)6-3-4-25-43/h8-11,16-19,33,35,37,39-40,42,44-45,47H,1-7,12-15,20-29H2. The summed E-state index contributed by atoms with van der Waals surface area (Å²) < 4.78 is 23.3. The van der Waals surface area contributed by atoms with Crippen LogP contribution in [0.25, 0.3) is 11.1 Å². The molecule has 49 heavy (non-hydrogen) atoms. The molecule has 2 aliphatic rings. The minimum Gasteiger partial charge on any atom is -0.462 e. The quantitative estimate of drug-likeness (QED) is 0.0428. The number of aliphatic hydroxyl groups is 3. The van der Waals surface area contributed by atoms with E-state index in [1.807, 2.05) is 0 Å². The number of unbranched alkanes of at least 4 members (excludes halogenated alkanes) is 1. The minimum atomic E-state index is -1.16. The van der Waals surface area contributed by atoms with Crippen LogP contribution in [0.5, 0.6) is 0 Å². The predicted octanol–water partition coefficient (Wildman–Crippen LogP) is 8.49. The van der Waals surface area contributed by atoms with Gasteiger partial charge >= 0.3 is 5.97 Å². The van der Waals surface area contributed by atoms with Gasteiger partial charge < -0.3 is 24.8 Å². The average molecular weight is 679 g/mol. The lowest BCUT2D eigenvalue weighted by molar-refractivity contribution is -0.139. The van der Waals surface area contributed by atoms with Gasteiger partial charge in [0.25, 0.3) is 0 Å². The number of aryl methyl sites for hydroxylation is 1. The zero-order valence-corrected chi connectivity index (χ0v) is 29.4. The summed E-state index contributed by atoms with van der Waals surface area (Å²) in [5.41, 5.74) is 5.52. The van der Waals surface area contributed by atoms with Gasteiger partial charge in [-0.1, -0.05) is 61.7 Å². The molecule has 0 aromatic heterocycles. The molecule has 7 heteroatoms. The van der Waals surface area contributed by atoms with Crippen molar-refractivity contribution in [3.8, 4) is 11.1 Å². The Morgan fingerprint density at radius 3 is 1.98 bits per heavy atom. The fourth-order valence-corrected chi connectivity index (χ4v) is 8.07. The Hall–Kier alpha value is -2.84. The van der Waals surface area contributed by atoms with Crippen molar-refractivity contribution in [3.63, 3.8) is 0 Å². The summed E-state index contributed by atoms with van der Waals surface area (Å²) in [4.78, 5) is 11.9. The van der Waals surface area contributed by atoms with Crippen molar-refractivity contribution >= 4 is 5.97 Å². The van der Waals surface area contributed by atoms with Crippen LogP contribution in [0.4, 0.5) is 4.39 Å². The van der Waals surface area contributed by atoms with Crippen LogP contribution in [0.1, 0.15) is 101 Å². The average Bonchev–Trinajstić information content (AvgIpc) is 3.15. The smallest absolute Gasteiger partial charge is 0.335 e. The predicted molar refractivity (Wildman–Crippen MR) is 194 cm³/mol. The Morgan fingerprint density at radius 2 is 1.39 bits per heavy atom. The first-order valence-corrected chi connectivity index (χ1v) is 18.6. The number of aliphatic hydroxyl groups excluding tert-OH is 3. The summed E-state index contributed by atoms with van der Waals surface area (Å²) >= 11 is 0. The molecule has 2 fully saturated rings. The number of hydrogen-bond donors (Lipinski definition) is 3. The number of alkyl halides is 1. The number of carbonyl (C=O) groups is 1. The van der Waals surface area contributed by atoms with Gasteiger partial charge in [-0.3, -0.25) is 4.39 Å². The van der Waals surface area contributed by atoms with Gasteiger partial charge in [0.2, 0.25) is 0 Å². The molecule has 2 unspecified atom stereocenters. The van der Waals surface area contributed by atoms with Crippen LogP contribution in [-0.2, 0) is 20.7 Å². The van der Waals surface area contributed by atoms with Crippen LogP contribution in [-0.4, -0.2) is 60.7 Å². The third-order valence-corrected chi connectivity index (χ3v) is 11.2. The number of ether oxygens (including phenoxy) is 2. The summed E-state index contributed by atoms with van der Waals surface area (Å²) in [6.07, 6.45) is 13.7. The van der Waals surface area contributed by atoms with Gasteiger partial charge in [-0.2, -0.15) is 0 Å². The monoisotopic (exact) mass is 678 g/mol. The normalized spacial score (nSPS) is 22.3. The molecule has 0 bridgehead atoms. The van der Waals surface area contributed by atoms with Crippen LogP contribution in [0.3, 0.4) is 0 Å². The third-order valence-electron chi connectivity index (χ3n) is 11.2. The van der Waals surface area contributed by atoms with Gasteiger partial charge in [0.15, 0.2) is 6.29 Å². The van der Waals surface area contributed by atoms with E-state index in [4.69, 9.17) is 14.6 Å². The summed E-state index contributed by atoms with van der Waals surface area (Å²) in [7, 11) is 0. The van der Waals surface area contributed by atoms with Gasteiger partial charge in [0, 0.05) is 5.57 Å². The van der Waals surface area contributed by atoms with Crippen LogP contribution in [0.15, 0.2) is 72.8 Å². The molecule has 0 spiro atoms. The first-order valence-electron chi connectivity index (χ1n) is 18.6. The molecular weight excluding hydrogens is 619 g/mol. The number of benzene rings is 2. The zero-order chi connectivity index (χ0) is 35.0. The van der Waals surface area contributed by atoms with Crippen LogP contribution in [0.2, 0.25) is 0 Å². The number of carbonyl (C=O) groups excluding carboxylic acids is 1. The van der Waals surface area contributed by atoms with E-state index < -0.39 is 18.9 Å². The number of hydrogen-bond acceptors (Lipinski definition) is 6. The molecule has 0 amide bonds. The van der Waals surface area contributed by atoms with Crippen molar-refractivity contribution in [2.75, 3.05) is 33.1 Å². The lowest BCUT2D eigenvalue weighted by atomic mass is 9.66. The van der Waals surface area contributed by atoms with Gasteiger partial charge in [-0.15, -0.1) is 0 Å². The van der Waals surface area contributed by atoms with E-state index in [0.717, 1.165) is 43.9 Å². The highest BCUT2D eigenvalue weighted by Gasteiger charge is 2.33. The fraction of sp³-hybridized carbons (Fsp3) is 0.595. The topological polar surface area (TPSA) is 96.2 Å². The fourth-order valence-electron chi connectivity index (χ4n) is 8.07. The first-order chi connectivity index (χ1) is 23.8. The van der Waals surface area contributed by atoms with Crippen molar-refractivity contribution < 1.29 is 34.0 Å². The Kier molecular flexibility index (Phi) is 16.5. The maximum Gasteiger partial charge on any atom is 0.335 e. The highest BCUT2D eigenvalue weighted by molar-refractivity contribution is 5.87. The number of halogens is 1. The number of rotatable bonds is 20. The van der Waals surface area contributed by atoms with Crippen LogP contribution in [0, 0.1) is 23.7 Å². The van der Waals surface area contributed by atoms with E-state index in [0.29, 0.717) is 30.8 Å². The second-order valence-corrected chi connectivity index (χ2v) is 14.4. The lowest BCUT2D eigenvalue weighted by Gasteiger charge is -2.40.